The van der Waals surface area contributed by atoms with E-state index in [9.17, 15) is 15.5 Å². The van der Waals surface area contributed by atoms with Crippen molar-refractivity contribution in [2.45, 2.75) is 38.8 Å². The number of rotatable bonds is 4. The van der Waals surface area contributed by atoms with Crippen molar-refractivity contribution >= 4 is 30.0 Å². The number of nitriles is 2. The van der Waals surface area contributed by atoms with E-state index in [1.807, 2.05) is 13.0 Å². The van der Waals surface area contributed by atoms with Crippen molar-refractivity contribution in [2.24, 2.45) is 5.92 Å². The molecule has 0 amide bonds. The molecule has 2 aliphatic rings. The molecule has 0 saturated heterocycles. The Morgan fingerprint density at radius 1 is 1.32 bits per heavy atom. The zero-order valence-corrected chi connectivity index (χ0v) is 15.4. The maximum absolute atomic E-state index is 9.87. The minimum absolute atomic E-state index is 0.00732. The minimum atomic E-state index is -1.07. The summed E-state index contributed by atoms with van der Waals surface area (Å²) >= 11 is 0. The molecule has 0 spiro atoms. The number of nitrogens with one attached hydrogen (secondary N) is 2. The molecule has 1 fully saturated rings. The van der Waals surface area contributed by atoms with Gasteiger partial charge in [-0.3, -0.25) is 0 Å². The van der Waals surface area contributed by atoms with Crippen LogP contribution >= 0.6 is 0 Å². The average Bonchev–Trinajstić information content (AvgIpc) is 3.30. The number of aromatic nitrogens is 2. The predicted molar refractivity (Wildman–Crippen MR) is 104 cm³/mol. The maximum Gasteiger partial charge on any atom is 0.493 e. The Bertz CT molecular complexity index is 999. The van der Waals surface area contributed by atoms with Gasteiger partial charge in [-0.25, -0.2) is 4.98 Å². The standard InChI is InChI=1S/C19H19BN6O2/c1-11-9-23-19(26-18(11)25-16-4-2-3-12(16)7-21)24-15-5-13(8-22)17-14(6-15)10-28-20(17)27/h5-6,9,12,16,27H,2-4,10H2,1H3,(H2,23,24,25,26). The van der Waals surface area contributed by atoms with Gasteiger partial charge >= 0.3 is 7.12 Å². The summed E-state index contributed by atoms with van der Waals surface area (Å²) in [6, 6.07) is 8.03. The first-order valence-corrected chi connectivity index (χ1v) is 9.22. The van der Waals surface area contributed by atoms with Crippen molar-refractivity contribution in [3.63, 3.8) is 0 Å². The zero-order chi connectivity index (χ0) is 19.7. The topological polar surface area (TPSA) is 127 Å². The summed E-state index contributed by atoms with van der Waals surface area (Å²) in [4.78, 5) is 8.88. The second kappa shape index (κ2) is 7.47. The third-order valence-corrected chi connectivity index (χ3v) is 5.26. The number of nitrogens with zero attached hydrogens (tertiary/aromatic N) is 4. The average molecular weight is 374 g/mol. The van der Waals surface area contributed by atoms with Gasteiger partial charge in [0.1, 0.15) is 5.82 Å². The largest absolute Gasteiger partial charge is 0.493 e. The molecule has 1 saturated carbocycles. The van der Waals surface area contributed by atoms with Crippen molar-refractivity contribution in [1.82, 2.24) is 9.97 Å². The van der Waals surface area contributed by atoms with E-state index < -0.39 is 7.12 Å². The fourth-order valence-electron chi connectivity index (χ4n) is 3.78. The van der Waals surface area contributed by atoms with Crippen molar-refractivity contribution < 1.29 is 9.68 Å². The van der Waals surface area contributed by atoms with Crippen molar-refractivity contribution in [3.05, 3.63) is 35.0 Å². The van der Waals surface area contributed by atoms with E-state index in [0.717, 1.165) is 30.4 Å². The number of fused-ring (bicyclic) bond motifs is 1. The lowest BCUT2D eigenvalue weighted by Crippen LogP contribution is -2.30. The molecule has 3 N–H and O–H groups in total. The third-order valence-electron chi connectivity index (χ3n) is 5.26. The molecule has 2 aromatic rings. The van der Waals surface area contributed by atoms with Crippen molar-refractivity contribution in [2.75, 3.05) is 10.6 Å². The fraction of sp³-hybridized carbons (Fsp3) is 0.368. The molecule has 2 unspecified atom stereocenters. The maximum atomic E-state index is 9.87. The van der Waals surface area contributed by atoms with Crippen LogP contribution in [0.3, 0.4) is 0 Å². The van der Waals surface area contributed by atoms with Crippen LogP contribution in [-0.4, -0.2) is 28.2 Å². The van der Waals surface area contributed by atoms with Gasteiger partial charge in [0.2, 0.25) is 5.95 Å². The van der Waals surface area contributed by atoms with Gasteiger partial charge in [-0.2, -0.15) is 15.5 Å². The van der Waals surface area contributed by atoms with E-state index >= 15 is 0 Å². The summed E-state index contributed by atoms with van der Waals surface area (Å²) in [6.07, 6.45) is 4.61. The lowest BCUT2D eigenvalue weighted by atomic mass is 9.76. The van der Waals surface area contributed by atoms with Crippen LogP contribution in [0.4, 0.5) is 17.5 Å². The molecule has 0 radical (unpaired) electrons. The van der Waals surface area contributed by atoms with Crippen LogP contribution in [0.25, 0.3) is 0 Å². The van der Waals surface area contributed by atoms with Crippen molar-refractivity contribution in [1.29, 1.82) is 10.5 Å². The molecular formula is C19H19BN6O2. The fourth-order valence-corrected chi connectivity index (χ4v) is 3.78. The van der Waals surface area contributed by atoms with E-state index in [-0.39, 0.29) is 18.6 Å². The van der Waals surface area contributed by atoms with Gasteiger partial charge < -0.3 is 20.3 Å². The molecule has 1 aromatic heterocycles. The molecule has 2 atom stereocenters. The van der Waals surface area contributed by atoms with Crippen LogP contribution in [0.2, 0.25) is 0 Å². The number of hydrogen-bond acceptors (Lipinski definition) is 8. The summed E-state index contributed by atoms with van der Waals surface area (Å²) in [5.74, 6) is 1.08. The summed E-state index contributed by atoms with van der Waals surface area (Å²) in [7, 11) is -1.07. The van der Waals surface area contributed by atoms with Gasteiger partial charge in [-0.05, 0) is 43.9 Å². The molecule has 1 aliphatic heterocycles. The molecule has 140 valence electrons. The van der Waals surface area contributed by atoms with Crippen LogP contribution in [0.5, 0.6) is 0 Å². The van der Waals surface area contributed by atoms with Crippen molar-refractivity contribution in [3.8, 4) is 12.1 Å². The van der Waals surface area contributed by atoms with Gasteiger partial charge in [0.25, 0.3) is 0 Å². The molecule has 1 aromatic carbocycles. The second-order valence-electron chi connectivity index (χ2n) is 7.14. The third kappa shape index (κ3) is 3.38. The van der Waals surface area contributed by atoms with Crippen LogP contribution in [0.15, 0.2) is 18.3 Å². The van der Waals surface area contributed by atoms with Gasteiger partial charge in [0, 0.05) is 29.0 Å². The Kier molecular flexibility index (Phi) is 4.87. The highest BCUT2D eigenvalue weighted by atomic mass is 16.5. The first-order valence-electron chi connectivity index (χ1n) is 9.22. The van der Waals surface area contributed by atoms with E-state index in [0.29, 0.717) is 28.5 Å². The van der Waals surface area contributed by atoms with Gasteiger partial charge in [-0.1, -0.05) is 0 Å². The van der Waals surface area contributed by atoms with Crippen LogP contribution < -0.4 is 16.1 Å². The number of hydrogen-bond donors (Lipinski definition) is 3. The molecule has 2 heterocycles. The van der Waals surface area contributed by atoms with Crippen LogP contribution in [-0.2, 0) is 11.3 Å². The molecule has 28 heavy (non-hydrogen) atoms. The Labute approximate surface area is 163 Å². The highest BCUT2D eigenvalue weighted by molar-refractivity contribution is 6.62. The molecule has 8 nitrogen and oxygen atoms in total. The minimum Gasteiger partial charge on any atom is -0.423 e. The highest BCUT2D eigenvalue weighted by Crippen LogP contribution is 2.29. The Morgan fingerprint density at radius 2 is 2.18 bits per heavy atom. The number of benzene rings is 1. The molecule has 0 bridgehead atoms. The van der Waals surface area contributed by atoms with Crippen LogP contribution in [0, 0.1) is 35.5 Å². The molecule has 9 heteroatoms. The lowest BCUT2D eigenvalue weighted by molar-refractivity contribution is 0.275. The Hall–Kier alpha value is -3.14. The molecule has 1 aliphatic carbocycles. The normalized spacial score (nSPS) is 20.4. The summed E-state index contributed by atoms with van der Waals surface area (Å²) in [6.45, 7) is 2.17. The Morgan fingerprint density at radius 3 is 2.96 bits per heavy atom. The quantitative estimate of drug-likeness (QED) is 0.691. The first kappa shape index (κ1) is 18.2. The SMILES string of the molecule is Cc1cnc(Nc2cc(C#N)c3c(c2)COB3O)nc1NC1CCCC1C#N. The summed E-state index contributed by atoms with van der Waals surface area (Å²) in [5, 5.41) is 35.1. The van der Waals surface area contributed by atoms with Crippen LogP contribution in [0.1, 0.15) is 36.0 Å². The summed E-state index contributed by atoms with van der Waals surface area (Å²) < 4.78 is 5.21. The summed E-state index contributed by atoms with van der Waals surface area (Å²) in [5.41, 5.74) is 3.19. The smallest absolute Gasteiger partial charge is 0.423 e. The molecular weight excluding hydrogens is 355 g/mol. The van der Waals surface area contributed by atoms with Gasteiger partial charge in [0.15, 0.2) is 0 Å². The molecule has 4 rings (SSSR count). The van der Waals surface area contributed by atoms with E-state index in [1.54, 1.807) is 12.3 Å². The van der Waals surface area contributed by atoms with Gasteiger partial charge in [0.05, 0.1) is 30.2 Å². The monoisotopic (exact) mass is 374 g/mol. The van der Waals surface area contributed by atoms with E-state index in [4.69, 9.17) is 4.65 Å². The Balaban J connectivity index is 1.58. The predicted octanol–water partition coefficient (Wildman–Crippen LogP) is 1.72. The number of anilines is 3. The first-order chi connectivity index (χ1) is 13.6. The zero-order valence-electron chi connectivity index (χ0n) is 15.4. The van der Waals surface area contributed by atoms with E-state index in [1.165, 1.54) is 0 Å². The van der Waals surface area contributed by atoms with E-state index in [2.05, 4.69) is 32.7 Å². The van der Waals surface area contributed by atoms with Gasteiger partial charge in [-0.15, -0.1) is 0 Å². The lowest BCUT2D eigenvalue weighted by Gasteiger charge is -2.18. The second-order valence-corrected chi connectivity index (χ2v) is 7.14. The number of aryl methyl sites for hydroxylation is 1. The highest BCUT2D eigenvalue weighted by Gasteiger charge is 2.31.